The molecule has 0 saturated carbocycles. The Morgan fingerprint density at radius 3 is 2.63 bits per heavy atom. The lowest BCUT2D eigenvalue weighted by Crippen LogP contribution is -2.25. The first-order valence-electron chi connectivity index (χ1n) is 5.93. The van der Waals surface area contributed by atoms with Gasteiger partial charge in [0.25, 0.3) is 0 Å². The van der Waals surface area contributed by atoms with Crippen LogP contribution in [0.25, 0.3) is 0 Å². The van der Waals surface area contributed by atoms with Crippen molar-refractivity contribution in [3.05, 3.63) is 16.1 Å². The summed E-state index contributed by atoms with van der Waals surface area (Å²) in [5, 5.41) is 6.27. The Morgan fingerprint density at radius 1 is 1.37 bits per heavy atom. The van der Waals surface area contributed by atoms with Gasteiger partial charge in [0.1, 0.15) is 11.6 Å². The van der Waals surface area contributed by atoms with Crippen LogP contribution in [0.15, 0.2) is 6.07 Å². The van der Waals surface area contributed by atoms with E-state index < -0.39 is 9.84 Å². The fraction of sp³-hybridized carbons (Fsp3) is 0.545. The van der Waals surface area contributed by atoms with Crippen LogP contribution in [-0.4, -0.2) is 38.0 Å². The summed E-state index contributed by atoms with van der Waals surface area (Å²) in [6, 6.07) is 1.58. The van der Waals surface area contributed by atoms with Gasteiger partial charge in [0.15, 0.2) is 9.84 Å². The SMILES string of the molecule is CNc1nc(NCC2CCCS2(=O)=O)c(Cl)cc1Cl. The van der Waals surface area contributed by atoms with E-state index in [0.29, 0.717) is 34.6 Å². The highest BCUT2D eigenvalue weighted by Gasteiger charge is 2.31. The molecule has 1 aromatic rings. The van der Waals surface area contributed by atoms with Crippen molar-refractivity contribution in [3.8, 4) is 0 Å². The van der Waals surface area contributed by atoms with Gasteiger partial charge >= 0.3 is 0 Å². The normalized spacial score (nSPS) is 21.3. The highest BCUT2D eigenvalue weighted by molar-refractivity contribution is 7.92. The number of nitrogens with zero attached hydrogens (tertiary/aromatic N) is 1. The molecule has 1 fully saturated rings. The van der Waals surface area contributed by atoms with Gasteiger partial charge in [-0.3, -0.25) is 0 Å². The third-order valence-electron chi connectivity index (χ3n) is 3.13. The molecule has 2 rings (SSSR count). The number of hydrogen-bond donors (Lipinski definition) is 2. The Kier molecular flexibility index (Phi) is 4.43. The Morgan fingerprint density at radius 2 is 2.05 bits per heavy atom. The van der Waals surface area contributed by atoms with Crippen LogP contribution in [0.3, 0.4) is 0 Å². The number of aromatic nitrogens is 1. The molecule has 19 heavy (non-hydrogen) atoms. The van der Waals surface area contributed by atoms with Gasteiger partial charge in [-0.15, -0.1) is 0 Å². The van der Waals surface area contributed by atoms with Gasteiger partial charge in [-0.1, -0.05) is 23.2 Å². The molecule has 0 aliphatic carbocycles. The molecule has 2 N–H and O–H groups in total. The van der Waals surface area contributed by atoms with Gasteiger partial charge in [0.2, 0.25) is 0 Å². The molecule has 1 unspecified atom stereocenters. The van der Waals surface area contributed by atoms with Crippen LogP contribution in [0.5, 0.6) is 0 Å². The van der Waals surface area contributed by atoms with Gasteiger partial charge in [-0.2, -0.15) is 0 Å². The lowest BCUT2D eigenvalue weighted by atomic mass is 10.2. The molecule has 1 atom stereocenters. The van der Waals surface area contributed by atoms with E-state index in [1.165, 1.54) is 0 Å². The minimum atomic E-state index is -2.97. The largest absolute Gasteiger partial charge is 0.372 e. The molecule has 106 valence electrons. The molecule has 0 bridgehead atoms. The Labute approximate surface area is 122 Å². The van der Waals surface area contributed by atoms with Crippen LogP contribution in [0, 0.1) is 0 Å². The number of sulfone groups is 1. The summed E-state index contributed by atoms with van der Waals surface area (Å²) in [4.78, 5) is 4.22. The number of hydrogen-bond acceptors (Lipinski definition) is 5. The third-order valence-corrected chi connectivity index (χ3v) is 5.98. The standard InChI is InChI=1S/C11H15Cl2N3O2S/c1-14-10-8(12)5-9(13)11(16-10)15-6-7-3-2-4-19(7,17)18/h5,7H,2-4,6H2,1H3,(H2,14,15,16). The maximum Gasteiger partial charge on any atom is 0.154 e. The second-order valence-electron chi connectivity index (χ2n) is 4.41. The molecule has 1 aliphatic heterocycles. The van der Waals surface area contributed by atoms with Crippen molar-refractivity contribution < 1.29 is 8.42 Å². The van der Waals surface area contributed by atoms with Crippen LogP contribution in [0.2, 0.25) is 10.0 Å². The van der Waals surface area contributed by atoms with Gasteiger partial charge in [-0.05, 0) is 18.9 Å². The highest BCUT2D eigenvalue weighted by Crippen LogP contribution is 2.29. The average Bonchev–Trinajstić information content (AvgIpc) is 2.67. The van der Waals surface area contributed by atoms with Gasteiger partial charge < -0.3 is 10.6 Å². The summed E-state index contributed by atoms with van der Waals surface area (Å²) in [5.41, 5.74) is 0. The second-order valence-corrected chi connectivity index (χ2v) is 7.63. The Hall–Kier alpha value is -0.720. The monoisotopic (exact) mass is 323 g/mol. The van der Waals surface area contributed by atoms with E-state index in [9.17, 15) is 8.42 Å². The molecular formula is C11H15Cl2N3O2S. The van der Waals surface area contributed by atoms with E-state index >= 15 is 0 Å². The average molecular weight is 324 g/mol. The van der Waals surface area contributed by atoms with Crippen LogP contribution in [-0.2, 0) is 9.84 Å². The van der Waals surface area contributed by atoms with Crippen molar-refractivity contribution in [3.63, 3.8) is 0 Å². The third kappa shape index (κ3) is 3.24. The van der Waals surface area contributed by atoms with Crippen molar-refractivity contribution in [2.24, 2.45) is 0 Å². The van der Waals surface area contributed by atoms with Crippen LogP contribution >= 0.6 is 23.2 Å². The van der Waals surface area contributed by atoms with Crippen LogP contribution in [0.1, 0.15) is 12.8 Å². The fourth-order valence-corrected chi connectivity index (χ4v) is 4.35. The topological polar surface area (TPSA) is 71.1 Å². The van der Waals surface area contributed by atoms with E-state index in [0.717, 1.165) is 6.42 Å². The quantitative estimate of drug-likeness (QED) is 0.890. The van der Waals surface area contributed by atoms with Crippen LogP contribution in [0.4, 0.5) is 11.6 Å². The predicted octanol–water partition coefficient (Wildman–Crippen LogP) is 2.42. The number of halogens is 2. The first kappa shape index (κ1) is 14.7. The molecule has 2 heterocycles. The molecule has 0 aromatic carbocycles. The minimum Gasteiger partial charge on any atom is -0.372 e. The van der Waals surface area contributed by atoms with Gasteiger partial charge in [-0.25, -0.2) is 13.4 Å². The number of pyridine rings is 1. The summed E-state index contributed by atoms with van der Waals surface area (Å²) >= 11 is 12.0. The summed E-state index contributed by atoms with van der Waals surface area (Å²) in [6.45, 7) is 0.319. The molecule has 0 radical (unpaired) electrons. The van der Waals surface area contributed by atoms with Crippen molar-refractivity contribution >= 4 is 44.7 Å². The molecular weight excluding hydrogens is 309 g/mol. The van der Waals surface area contributed by atoms with E-state index in [2.05, 4.69) is 15.6 Å². The number of anilines is 2. The lowest BCUT2D eigenvalue weighted by Gasteiger charge is -2.14. The van der Waals surface area contributed by atoms with Gasteiger partial charge in [0, 0.05) is 13.6 Å². The molecule has 0 spiro atoms. The zero-order valence-electron chi connectivity index (χ0n) is 10.4. The number of rotatable bonds is 4. The lowest BCUT2D eigenvalue weighted by molar-refractivity contribution is 0.591. The maximum atomic E-state index is 11.7. The molecule has 8 heteroatoms. The smallest absolute Gasteiger partial charge is 0.154 e. The zero-order valence-corrected chi connectivity index (χ0v) is 12.7. The van der Waals surface area contributed by atoms with Crippen LogP contribution < -0.4 is 10.6 Å². The molecule has 1 aliphatic rings. The van der Waals surface area contributed by atoms with Crippen molar-refractivity contribution in [1.29, 1.82) is 0 Å². The van der Waals surface area contributed by atoms with E-state index in [1.54, 1.807) is 13.1 Å². The Bertz CT molecular complexity index is 578. The van der Waals surface area contributed by atoms with E-state index in [4.69, 9.17) is 23.2 Å². The molecule has 1 aromatic heterocycles. The predicted molar refractivity (Wildman–Crippen MR) is 79.1 cm³/mol. The first-order chi connectivity index (χ1) is 8.94. The summed E-state index contributed by atoms with van der Waals surface area (Å²) in [5.74, 6) is 1.21. The zero-order chi connectivity index (χ0) is 14.0. The maximum absolute atomic E-state index is 11.7. The molecule has 1 saturated heterocycles. The summed E-state index contributed by atoms with van der Waals surface area (Å²) < 4.78 is 23.4. The van der Waals surface area contributed by atoms with E-state index in [-0.39, 0.29) is 11.0 Å². The fourth-order valence-electron chi connectivity index (χ4n) is 2.06. The summed E-state index contributed by atoms with van der Waals surface area (Å²) in [6.07, 6.45) is 1.40. The van der Waals surface area contributed by atoms with Crippen molar-refractivity contribution in [1.82, 2.24) is 4.98 Å². The Balaban J connectivity index is 2.11. The number of nitrogens with one attached hydrogen (secondary N) is 2. The molecule has 5 nitrogen and oxygen atoms in total. The minimum absolute atomic E-state index is 0.267. The highest BCUT2D eigenvalue weighted by atomic mass is 35.5. The molecule has 0 amide bonds. The first-order valence-corrected chi connectivity index (χ1v) is 8.40. The second kappa shape index (κ2) is 5.73. The summed E-state index contributed by atoms with van der Waals surface area (Å²) in [7, 11) is -1.27. The van der Waals surface area contributed by atoms with Gasteiger partial charge in [0.05, 0.1) is 21.0 Å². The van der Waals surface area contributed by atoms with Crippen molar-refractivity contribution in [2.45, 2.75) is 18.1 Å². The van der Waals surface area contributed by atoms with Crippen molar-refractivity contribution in [2.75, 3.05) is 30.0 Å². The van der Waals surface area contributed by atoms with E-state index in [1.807, 2.05) is 0 Å².